The maximum absolute atomic E-state index is 12.1. The van der Waals surface area contributed by atoms with E-state index in [9.17, 15) is 18.0 Å². The molecule has 0 spiro atoms. The van der Waals surface area contributed by atoms with Crippen LogP contribution in [0.4, 0.5) is 23.7 Å². The number of hydrogen-bond acceptors (Lipinski definition) is 1. The Hall–Kier alpha value is -1.72. The van der Waals surface area contributed by atoms with Crippen molar-refractivity contribution in [2.24, 2.45) is 0 Å². The van der Waals surface area contributed by atoms with Gasteiger partial charge in [-0.05, 0) is 11.6 Å². The summed E-state index contributed by atoms with van der Waals surface area (Å²) in [6, 6.07) is 5.41. The number of carboxylic acid groups (broad SMARTS) is 1. The molecule has 0 bridgehead atoms. The molecule has 0 atom stereocenters. The van der Waals surface area contributed by atoms with Gasteiger partial charge >= 0.3 is 12.3 Å². The molecular formula is C9H8F3NO2. The molecule has 0 aliphatic rings. The van der Waals surface area contributed by atoms with Crippen molar-refractivity contribution in [1.29, 1.82) is 0 Å². The molecule has 82 valence electrons. The molecule has 1 amide bonds. The van der Waals surface area contributed by atoms with Gasteiger partial charge in [0.2, 0.25) is 0 Å². The molecule has 0 heterocycles. The molecule has 0 aromatic heterocycles. The largest absolute Gasteiger partial charge is 0.465 e. The third-order valence-electron chi connectivity index (χ3n) is 1.65. The first-order chi connectivity index (χ1) is 6.88. The van der Waals surface area contributed by atoms with Gasteiger partial charge in [0.05, 0.1) is 6.42 Å². The molecule has 2 N–H and O–H groups in total. The molecule has 0 aliphatic heterocycles. The van der Waals surface area contributed by atoms with Crippen LogP contribution < -0.4 is 5.32 Å². The van der Waals surface area contributed by atoms with Crippen LogP contribution in [-0.4, -0.2) is 17.4 Å². The number of amides is 1. The molecular weight excluding hydrogens is 211 g/mol. The lowest BCUT2D eigenvalue weighted by Crippen LogP contribution is -2.15. The topological polar surface area (TPSA) is 49.3 Å². The Morgan fingerprint density at radius 3 is 2.47 bits per heavy atom. The third kappa shape index (κ3) is 3.88. The zero-order valence-corrected chi connectivity index (χ0v) is 7.51. The van der Waals surface area contributed by atoms with Crippen molar-refractivity contribution in [3.63, 3.8) is 0 Å². The highest BCUT2D eigenvalue weighted by Gasteiger charge is 2.28. The Kier molecular flexibility index (Phi) is 3.18. The minimum absolute atomic E-state index is 0.0395. The number of nitrogens with one attached hydrogen (secondary N) is 1. The maximum atomic E-state index is 12.1. The quantitative estimate of drug-likeness (QED) is 0.803. The molecule has 3 nitrogen and oxygen atoms in total. The second-order valence-corrected chi connectivity index (χ2v) is 2.88. The van der Waals surface area contributed by atoms with E-state index in [2.05, 4.69) is 0 Å². The standard InChI is InChI=1S/C9H8F3NO2/c10-9(11,12)5-6-3-1-2-4-7(6)13-8(14)15/h1-4,13H,5H2,(H,14,15). The van der Waals surface area contributed by atoms with E-state index in [1.807, 2.05) is 5.32 Å². The number of benzene rings is 1. The Labute approximate surface area is 83.5 Å². The predicted molar refractivity (Wildman–Crippen MR) is 47.8 cm³/mol. The van der Waals surface area contributed by atoms with Crippen LogP contribution >= 0.6 is 0 Å². The van der Waals surface area contributed by atoms with E-state index >= 15 is 0 Å². The van der Waals surface area contributed by atoms with Gasteiger partial charge in [-0.2, -0.15) is 13.2 Å². The zero-order chi connectivity index (χ0) is 11.5. The van der Waals surface area contributed by atoms with Crippen LogP contribution in [0.3, 0.4) is 0 Å². The average molecular weight is 219 g/mol. The van der Waals surface area contributed by atoms with Crippen molar-refractivity contribution < 1.29 is 23.1 Å². The van der Waals surface area contributed by atoms with Crippen LogP contribution in [-0.2, 0) is 6.42 Å². The van der Waals surface area contributed by atoms with Crippen molar-refractivity contribution in [3.8, 4) is 0 Å². The molecule has 15 heavy (non-hydrogen) atoms. The van der Waals surface area contributed by atoms with E-state index in [-0.39, 0.29) is 11.3 Å². The number of halogens is 3. The van der Waals surface area contributed by atoms with E-state index in [0.29, 0.717) is 0 Å². The van der Waals surface area contributed by atoms with E-state index in [0.717, 1.165) is 0 Å². The SMILES string of the molecule is O=C(O)Nc1ccccc1CC(F)(F)F. The van der Waals surface area contributed by atoms with Crippen LogP contribution in [0.5, 0.6) is 0 Å². The third-order valence-corrected chi connectivity index (χ3v) is 1.65. The van der Waals surface area contributed by atoms with Gasteiger partial charge in [-0.25, -0.2) is 4.79 Å². The lowest BCUT2D eigenvalue weighted by atomic mass is 10.1. The fraction of sp³-hybridized carbons (Fsp3) is 0.222. The number of carbonyl (C=O) groups is 1. The fourth-order valence-electron chi connectivity index (χ4n) is 1.13. The molecule has 1 aromatic carbocycles. The van der Waals surface area contributed by atoms with Crippen LogP contribution in [0, 0.1) is 0 Å². The summed E-state index contributed by atoms with van der Waals surface area (Å²) < 4.78 is 36.3. The van der Waals surface area contributed by atoms with E-state index in [1.54, 1.807) is 0 Å². The summed E-state index contributed by atoms with van der Waals surface area (Å²) >= 11 is 0. The minimum atomic E-state index is -4.35. The lowest BCUT2D eigenvalue weighted by Gasteiger charge is -2.10. The summed E-state index contributed by atoms with van der Waals surface area (Å²) in [7, 11) is 0. The van der Waals surface area contributed by atoms with Gasteiger partial charge in [-0.1, -0.05) is 18.2 Å². The average Bonchev–Trinajstić information content (AvgIpc) is 2.05. The van der Waals surface area contributed by atoms with Crippen molar-refractivity contribution in [3.05, 3.63) is 29.8 Å². The van der Waals surface area contributed by atoms with Crippen molar-refractivity contribution >= 4 is 11.8 Å². The summed E-state index contributed by atoms with van der Waals surface area (Å²) in [6.45, 7) is 0. The Morgan fingerprint density at radius 1 is 1.33 bits per heavy atom. The Balaban J connectivity index is 2.91. The predicted octanol–water partition coefficient (Wildman–Crippen LogP) is 2.88. The van der Waals surface area contributed by atoms with Gasteiger partial charge in [0.25, 0.3) is 0 Å². The first kappa shape index (κ1) is 11.4. The first-order valence-corrected chi connectivity index (χ1v) is 4.03. The molecule has 0 saturated carbocycles. The number of alkyl halides is 3. The number of hydrogen-bond donors (Lipinski definition) is 2. The number of para-hydroxylation sites is 1. The smallest absolute Gasteiger partial charge is 0.409 e. The van der Waals surface area contributed by atoms with E-state index in [4.69, 9.17) is 5.11 Å². The van der Waals surface area contributed by atoms with Crippen LogP contribution in [0.1, 0.15) is 5.56 Å². The van der Waals surface area contributed by atoms with Crippen molar-refractivity contribution in [2.75, 3.05) is 5.32 Å². The lowest BCUT2D eigenvalue weighted by molar-refractivity contribution is -0.127. The van der Waals surface area contributed by atoms with Gasteiger partial charge < -0.3 is 5.11 Å². The van der Waals surface area contributed by atoms with Gasteiger partial charge in [-0.3, -0.25) is 5.32 Å². The maximum Gasteiger partial charge on any atom is 0.409 e. The second kappa shape index (κ2) is 4.20. The van der Waals surface area contributed by atoms with Crippen molar-refractivity contribution in [2.45, 2.75) is 12.6 Å². The van der Waals surface area contributed by atoms with Crippen molar-refractivity contribution in [1.82, 2.24) is 0 Å². The second-order valence-electron chi connectivity index (χ2n) is 2.88. The molecule has 0 fully saturated rings. The Bertz CT molecular complexity index is 363. The molecule has 0 radical (unpaired) electrons. The highest BCUT2D eigenvalue weighted by atomic mass is 19.4. The summed E-state index contributed by atoms with van der Waals surface area (Å²) in [6.07, 6.45) is -6.88. The highest BCUT2D eigenvalue weighted by molar-refractivity contribution is 5.83. The molecule has 1 rings (SSSR count). The van der Waals surface area contributed by atoms with Gasteiger partial charge in [0, 0.05) is 5.69 Å². The summed E-state index contributed by atoms with van der Waals surface area (Å²) in [5, 5.41) is 10.3. The molecule has 6 heteroatoms. The first-order valence-electron chi connectivity index (χ1n) is 4.03. The number of anilines is 1. The number of rotatable bonds is 2. The zero-order valence-electron chi connectivity index (χ0n) is 7.51. The molecule has 0 saturated heterocycles. The van der Waals surface area contributed by atoms with Gasteiger partial charge in [-0.15, -0.1) is 0 Å². The Morgan fingerprint density at radius 2 is 1.93 bits per heavy atom. The fourth-order valence-corrected chi connectivity index (χ4v) is 1.13. The highest BCUT2D eigenvalue weighted by Crippen LogP contribution is 2.25. The summed E-state index contributed by atoms with van der Waals surface area (Å²) in [5.74, 6) is 0. The van der Waals surface area contributed by atoms with E-state index < -0.39 is 18.7 Å². The van der Waals surface area contributed by atoms with Crippen LogP contribution in [0.25, 0.3) is 0 Å². The molecule has 1 aromatic rings. The van der Waals surface area contributed by atoms with Gasteiger partial charge in [0.15, 0.2) is 0 Å². The van der Waals surface area contributed by atoms with Gasteiger partial charge in [0.1, 0.15) is 0 Å². The van der Waals surface area contributed by atoms with E-state index in [1.165, 1.54) is 24.3 Å². The molecule has 0 unspecified atom stereocenters. The normalized spacial score (nSPS) is 11.1. The summed E-state index contributed by atoms with van der Waals surface area (Å²) in [4.78, 5) is 10.3. The minimum Gasteiger partial charge on any atom is -0.465 e. The summed E-state index contributed by atoms with van der Waals surface area (Å²) in [5.41, 5.74) is -0.130. The van der Waals surface area contributed by atoms with Crippen LogP contribution in [0.2, 0.25) is 0 Å². The van der Waals surface area contributed by atoms with Crippen LogP contribution in [0.15, 0.2) is 24.3 Å². The monoisotopic (exact) mass is 219 g/mol. The molecule has 0 aliphatic carbocycles.